The smallest absolute Gasteiger partial charge is 0.223 e. The molecule has 1 fully saturated rings. The molecule has 0 bridgehead atoms. The lowest BCUT2D eigenvalue weighted by Gasteiger charge is -2.21. The molecular formula is C25H26FN5O. The molecular weight excluding hydrogens is 405 g/mol. The van der Waals surface area contributed by atoms with Crippen molar-refractivity contribution in [2.75, 3.05) is 6.54 Å². The van der Waals surface area contributed by atoms with Crippen LogP contribution in [0.2, 0.25) is 0 Å². The van der Waals surface area contributed by atoms with Crippen LogP contribution >= 0.6 is 0 Å². The molecule has 5 rings (SSSR count). The van der Waals surface area contributed by atoms with Crippen LogP contribution < -0.4 is 0 Å². The number of pyridine rings is 1. The van der Waals surface area contributed by atoms with E-state index in [1.807, 2.05) is 17.3 Å². The Morgan fingerprint density at radius 2 is 2.03 bits per heavy atom. The average molecular weight is 432 g/mol. The highest BCUT2D eigenvalue weighted by Crippen LogP contribution is 2.28. The molecule has 0 spiro atoms. The number of likely N-dealkylation sites (tertiary alicyclic amines) is 1. The number of aryl methyl sites for hydroxylation is 1. The fraction of sp³-hybridized carbons (Fsp3) is 0.320. The Balaban J connectivity index is 1.22. The number of amides is 1. The monoisotopic (exact) mass is 431 g/mol. The van der Waals surface area contributed by atoms with Gasteiger partial charge >= 0.3 is 0 Å². The predicted molar refractivity (Wildman–Crippen MR) is 121 cm³/mol. The van der Waals surface area contributed by atoms with Crippen molar-refractivity contribution in [2.45, 2.75) is 38.8 Å². The van der Waals surface area contributed by atoms with Crippen LogP contribution in [0.25, 0.3) is 22.2 Å². The molecule has 3 aromatic heterocycles. The number of benzene rings is 1. The van der Waals surface area contributed by atoms with Gasteiger partial charge in [-0.15, -0.1) is 0 Å². The molecule has 1 amide bonds. The van der Waals surface area contributed by atoms with E-state index in [9.17, 15) is 9.18 Å². The van der Waals surface area contributed by atoms with Crippen LogP contribution in [-0.4, -0.2) is 43.1 Å². The quantitative estimate of drug-likeness (QED) is 0.491. The number of H-pyrrole nitrogens is 1. The fourth-order valence-electron chi connectivity index (χ4n) is 4.74. The number of nitrogens with one attached hydrogen (secondary N) is 1. The van der Waals surface area contributed by atoms with E-state index >= 15 is 0 Å². The van der Waals surface area contributed by atoms with Crippen molar-refractivity contribution >= 4 is 16.9 Å². The van der Waals surface area contributed by atoms with Crippen LogP contribution in [0.3, 0.4) is 0 Å². The maximum atomic E-state index is 13.1. The summed E-state index contributed by atoms with van der Waals surface area (Å²) in [7, 11) is 0. The number of aromatic amines is 1. The number of carbonyl (C=O) groups excluding carboxylic acids is 1. The van der Waals surface area contributed by atoms with E-state index in [-0.39, 0.29) is 17.8 Å². The molecule has 0 saturated carbocycles. The molecule has 0 unspecified atom stereocenters. The highest BCUT2D eigenvalue weighted by Gasteiger charge is 2.32. The zero-order valence-electron chi connectivity index (χ0n) is 18.0. The van der Waals surface area contributed by atoms with Crippen molar-refractivity contribution in [3.05, 3.63) is 72.6 Å². The standard InChI is InChI=1S/C25H26FN5O/c1-17-10-19(16-31(17)24(32)7-4-18-2-5-23(26)6-3-18)15-30-9-8-20-11-21(12-27-25(20)30)22-13-28-29-14-22/h2-3,5-6,8-9,11-14,17,19H,4,7,10,15-16H2,1H3,(H,28,29)/t17-,19-/m1/s1. The summed E-state index contributed by atoms with van der Waals surface area (Å²) in [5, 5.41) is 7.95. The first-order valence-electron chi connectivity index (χ1n) is 11.0. The number of aromatic nitrogens is 4. The summed E-state index contributed by atoms with van der Waals surface area (Å²) in [6.45, 7) is 3.73. The van der Waals surface area contributed by atoms with E-state index in [1.165, 1.54) is 12.1 Å². The molecule has 1 N–H and O–H groups in total. The molecule has 1 aliphatic heterocycles. The Morgan fingerprint density at radius 1 is 1.19 bits per heavy atom. The van der Waals surface area contributed by atoms with Crippen molar-refractivity contribution in [2.24, 2.45) is 5.92 Å². The second-order valence-electron chi connectivity index (χ2n) is 8.72. The van der Waals surface area contributed by atoms with Gasteiger partial charge in [-0.05, 0) is 55.5 Å². The summed E-state index contributed by atoms with van der Waals surface area (Å²) in [5.41, 5.74) is 4.01. The SMILES string of the molecule is C[C@@H]1C[C@H](Cn2ccc3cc(-c4cn[nH]c4)cnc32)CN1C(=O)CCc1ccc(F)cc1. The van der Waals surface area contributed by atoms with E-state index in [0.29, 0.717) is 18.8 Å². The molecule has 6 nitrogen and oxygen atoms in total. The van der Waals surface area contributed by atoms with Gasteiger partial charge in [0.1, 0.15) is 11.5 Å². The van der Waals surface area contributed by atoms with Crippen LogP contribution in [0.15, 0.2) is 61.2 Å². The summed E-state index contributed by atoms with van der Waals surface area (Å²) in [5.74, 6) is 0.316. The molecule has 0 radical (unpaired) electrons. The Morgan fingerprint density at radius 3 is 2.81 bits per heavy atom. The third-order valence-corrected chi connectivity index (χ3v) is 6.41. The second-order valence-corrected chi connectivity index (χ2v) is 8.72. The molecule has 1 saturated heterocycles. The highest BCUT2D eigenvalue weighted by molar-refractivity contribution is 5.81. The number of nitrogens with zero attached hydrogens (tertiary/aromatic N) is 4. The van der Waals surface area contributed by atoms with Gasteiger partial charge in [-0.2, -0.15) is 5.10 Å². The van der Waals surface area contributed by atoms with Gasteiger partial charge in [-0.3, -0.25) is 9.89 Å². The minimum absolute atomic E-state index is 0.171. The van der Waals surface area contributed by atoms with Crippen molar-refractivity contribution in [1.29, 1.82) is 0 Å². The molecule has 7 heteroatoms. The van der Waals surface area contributed by atoms with Crippen molar-refractivity contribution < 1.29 is 9.18 Å². The van der Waals surface area contributed by atoms with E-state index in [0.717, 1.165) is 47.2 Å². The number of halogens is 1. The van der Waals surface area contributed by atoms with Crippen LogP contribution in [0.5, 0.6) is 0 Å². The Hall–Kier alpha value is -3.48. The van der Waals surface area contributed by atoms with Gasteiger partial charge in [0.05, 0.1) is 6.20 Å². The summed E-state index contributed by atoms with van der Waals surface area (Å²) >= 11 is 0. The molecule has 2 atom stereocenters. The van der Waals surface area contributed by atoms with Gasteiger partial charge in [-0.25, -0.2) is 9.37 Å². The van der Waals surface area contributed by atoms with E-state index in [4.69, 9.17) is 4.98 Å². The topological polar surface area (TPSA) is 66.8 Å². The number of hydrogen-bond acceptors (Lipinski definition) is 3. The van der Waals surface area contributed by atoms with Crippen LogP contribution in [-0.2, 0) is 17.8 Å². The van der Waals surface area contributed by atoms with Gasteiger partial charge in [0.2, 0.25) is 5.91 Å². The van der Waals surface area contributed by atoms with E-state index in [1.54, 1.807) is 18.3 Å². The minimum Gasteiger partial charge on any atom is -0.340 e. The predicted octanol–water partition coefficient (Wildman–Crippen LogP) is 4.44. The van der Waals surface area contributed by atoms with E-state index in [2.05, 4.69) is 40.0 Å². The Kier molecular flexibility index (Phi) is 5.47. The van der Waals surface area contributed by atoms with Crippen molar-refractivity contribution in [3.8, 4) is 11.1 Å². The summed E-state index contributed by atoms with van der Waals surface area (Å²) in [6, 6.07) is 10.8. The summed E-state index contributed by atoms with van der Waals surface area (Å²) < 4.78 is 15.3. The van der Waals surface area contributed by atoms with Crippen molar-refractivity contribution in [3.63, 3.8) is 0 Å². The lowest BCUT2D eigenvalue weighted by atomic mass is 10.1. The third-order valence-electron chi connectivity index (χ3n) is 6.41. The fourth-order valence-corrected chi connectivity index (χ4v) is 4.74. The van der Waals surface area contributed by atoms with Crippen LogP contribution in [0.1, 0.15) is 25.3 Å². The maximum Gasteiger partial charge on any atom is 0.223 e. The molecule has 32 heavy (non-hydrogen) atoms. The lowest BCUT2D eigenvalue weighted by Crippen LogP contribution is -2.34. The number of rotatable bonds is 6. The van der Waals surface area contributed by atoms with Crippen LogP contribution in [0.4, 0.5) is 4.39 Å². The van der Waals surface area contributed by atoms with Gasteiger partial charge in [-0.1, -0.05) is 12.1 Å². The van der Waals surface area contributed by atoms with Gasteiger partial charge in [0.15, 0.2) is 0 Å². The first kappa shape index (κ1) is 20.4. The van der Waals surface area contributed by atoms with Crippen molar-refractivity contribution in [1.82, 2.24) is 24.6 Å². The number of hydrogen-bond donors (Lipinski definition) is 1. The largest absolute Gasteiger partial charge is 0.340 e. The van der Waals surface area contributed by atoms with E-state index < -0.39 is 0 Å². The summed E-state index contributed by atoms with van der Waals surface area (Å²) in [6.07, 6.45) is 9.69. The summed E-state index contributed by atoms with van der Waals surface area (Å²) in [4.78, 5) is 19.5. The first-order chi connectivity index (χ1) is 15.6. The first-order valence-corrected chi connectivity index (χ1v) is 11.0. The third kappa shape index (κ3) is 4.15. The normalized spacial score (nSPS) is 18.5. The minimum atomic E-state index is -0.249. The average Bonchev–Trinajstić information content (AvgIpc) is 3.54. The van der Waals surface area contributed by atoms with Crippen LogP contribution in [0, 0.1) is 11.7 Å². The number of carbonyl (C=O) groups is 1. The zero-order valence-corrected chi connectivity index (χ0v) is 18.0. The van der Waals surface area contributed by atoms with Gasteiger partial charge in [0, 0.05) is 60.7 Å². The molecule has 164 valence electrons. The van der Waals surface area contributed by atoms with Gasteiger partial charge in [0.25, 0.3) is 0 Å². The molecule has 0 aliphatic carbocycles. The second kappa shape index (κ2) is 8.57. The lowest BCUT2D eigenvalue weighted by molar-refractivity contribution is -0.131. The number of fused-ring (bicyclic) bond motifs is 1. The zero-order chi connectivity index (χ0) is 22.1. The molecule has 4 aromatic rings. The maximum absolute atomic E-state index is 13.1. The highest BCUT2D eigenvalue weighted by atomic mass is 19.1. The Bertz CT molecular complexity index is 1220. The Labute approximate surface area is 186 Å². The molecule has 4 heterocycles. The molecule has 1 aromatic carbocycles. The molecule has 1 aliphatic rings. The van der Waals surface area contributed by atoms with Gasteiger partial charge < -0.3 is 9.47 Å².